The van der Waals surface area contributed by atoms with Gasteiger partial charge in [0.2, 0.25) is 15.9 Å². The Morgan fingerprint density at radius 1 is 1.23 bits per heavy atom. The van der Waals surface area contributed by atoms with Gasteiger partial charge >= 0.3 is 5.97 Å². The summed E-state index contributed by atoms with van der Waals surface area (Å²) >= 11 is 1.19. The molecule has 1 atom stereocenters. The van der Waals surface area contributed by atoms with Gasteiger partial charge in [0.05, 0.1) is 22.5 Å². The SMILES string of the molecule is CCOC(=O)CS[C@@H](C)C(=O)Nc1ccc(S(=O)(=O)N2CCCC2)cc1. The van der Waals surface area contributed by atoms with Gasteiger partial charge in [-0.1, -0.05) is 0 Å². The first kappa shape index (κ1) is 20.7. The van der Waals surface area contributed by atoms with E-state index in [2.05, 4.69) is 5.32 Å². The van der Waals surface area contributed by atoms with Gasteiger partial charge in [0.25, 0.3) is 0 Å². The van der Waals surface area contributed by atoms with Gasteiger partial charge in [-0.05, 0) is 51.0 Å². The monoisotopic (exact) mass is 400 g/mol. The lowest BCUT2D eigenvalue weighted by molar-refractivity contribution is -0.139. The highest BCUT2D eigenvalue weighted by Crippen LogP contribution is 2.22. The summed E-state index contributed by atoms with van der Waals surface area (Å²) in [5, 5.41) is 2.29. The van der Waals surface area contributed by atoms with Crippen LogP contribution < -0.4 is 5.32 Å². The largest absolute Gasteiger partial charge is 0.465 e. The molecule has 144 valence electrons. The summed E-state index contributed by atoms with van der Waals surface area (Å²) in [4.78, 5) is 23.7. The van der Waals surface area contributed by atoms with Crippen molar-refractivity contribution in [3.63, 3.8) is 0 Å². The fraction of sp³-hybridized carbons (Fsp3) is 0.529. The van der Waals surface area contributed by atoms with Crippen LogP contribution in [-0.2, 0) is 24.3 Å². The van der Waals surface area contributed by atoms with E-state index in [-0.39, 0.29) is 22.5 Å². The highest BCUT2D eigenvalue weighted by molar-refractivity contribution is 8.01. The Morgan fingerprint density at radius 2 is 1.85 bits per heavy atom. The predicted octanol–water partition coefficient (Wildman–Crippen LogP) is 2.09. The molecule has 1 aromatic rings. The van der Waals surface area contributed by atoms with Gasteiger partial charge in [0.15, 0.2) is 0 Å². The van der Waals surface area contributed by atoms with Crippen LogP contribution in [0.15, 0.2) is 29.2 Å². The van der Waals surface area contributed by atoms with Gasteiger partial charge in [0, 0.05) is 18.8 Å². The van der Waals surface area contributed by atoms with Gasteiger partial charge in [-0.2, -0.15) is 4.31 Å². The minimum absolute atomic E-state index is 0.107. The van der Waals surface area contributed by atoms with Crippen molar-refractivity contribution < 1.29 is 22.7 Å². The maximum atomic E-state index is 12.5. The number of amides is 1. The number of esters is 1. The molecule has 0 aromatic heterocycles. The van der Waals surface area contributed by atoms with Crippen molar-refractivity contribution in [2.24, 2.45) is 0 Å². The minimum atomic E-state index is -3.46. The summed E-state index contributed by atoms with van der Waals surface area (Å²) in [6.45, 7) is 4.84. The molecule has 1 saturated heterocycles. The van der Waals surface area contributed by atoms with Crippen LogP contribution in [0.4, 0.5) is 5.69 Å². The average molecular weight is 401 g/mol. The molecule has 26 heavy (non-hydrogen) atoms. The van der Waals surface area contributed by atoms with E-state index < -0.39 is 15.3 Å². The molecule has 1 aliphatic rings. The van der Waals surface area contributed by atoms with Gasteiger partial charge < -0.3 is 10.1 Å². The van der Waals surface area contributed by atoms with Crippen molar-refractivity contribution in [3.8, 4) is 0 Å². The van der Waals surface area contributed by atoms with Gasteiger partial charge in [0.1, 0.15) is 0 Å². The number of sulfonamides is 1. The van der Waals surface area contributed by atoms with Crippen LogP contribution in [0, 0.1) is 0 Å². The molecule has 1 amide bonds. The zero-order valence-corrected chi connectivity index (χ0v) is 16.6. The lowest BCUT2D eigenvalue weighted by atomic mass is 10.3. The third-order valence-corrected chi connectivity index (χ3v) is 6.98. The molecule has 0 saturated carbocycles. The summed E-state index contributed by atoms with van der Waals surface area (Å²) in [5.41, 5.74) is 0.513. The van der Waals surface area contributed by atoms with E-state index in [9.17, 15) is 18.0 Å². The third-order valence-electron chi connectivity index (χ3n) is 3.95. The van der Waals surface area contributed by atoms with E-state index in [4.69, 9.17) is 4.74 Å². The molecular weight excluding hydrogens is 376 g/mol. The fourth-order valence-corrected chi connectivity index (χ4v) is 4.70. The smallest absolute Gasteiger partial charge is 0.315 e. The molecular formula is C17H24N2O5S2. The molecule has 0 aliphatic carbocycles. The quantitative estimate of drug-likeness (QED) is 0.672. The van der Waals surface area contributed by atoms with Gasteiger partial charge in [-0.25, -0.2) is 8.42 Å². The van der Waals surface area contributed by atoms with Crippen molar-refractivity contribution in [1.29, 1.82) is 0 Å². The Morgan fingerprint density at radius 3 is 2.42 bits per heavy atom. The molecule has 0 radical (unpaired) electrons. The molecule has 1 aliphatic heterocycles. The topological polar surface area (TPSA) is 92.8 Å². The van der Waals surface area contributed by atoms with Crippen LogP contribution in [0.3, 0.4) is 0 Å². The van der Waals surface area contributed by atoms with E-state index in [0.29, 0.717) is 25.4 Å². The molecule has 2 rings (SSSR count). The van der Waals surface area contributed by atoms with Crippen molar-refractivity contribution in [2.75, 3.05) is 30.8 Å². The van der Waals surface area contributed by atoms with Crippen molar-refractivity contribution >= 4 is 39.3 Å². The number of rotatable bonds is 8. The molecule has 0 bridgehead atoms. The van der Waals surface area contributed by atoms with Crippen LogP contribution in [0.5, 0.6) is 0 Å². The number of hydrogen-bond acceptors (Lipinski definition) is 6. The second-order valence-corrected chi connectivity index (χ2v) is 9.15. The van der Waals surface area contributed by atoms with E-state index in [0.717, 1.165) is 12.8 Å². The number of benzene rings is 1. The Kier molecular flexibility index (Phi) is 7.48. The molecule has 7 nitrogen and oxygen atoms in total. The highest BCUT2D eigenvalue weighted by Gasteiger charge is 2.27. The number of carbonyl (C=O) groups is 2. The second-order valence-electron chi connectivity index (χ2n) is 5.88. The summed E-state index contributed by atoms with van der Waals surface area (Å²) in [6, 6.07) is 6.15. The summed E-state index contributed by atoms with van der Waals surface area (Å²) in [5.74, 6) is -0.502. The molecule has 1 aromatic carbocycles. The maximum Gasteiger partial charge on any atom is 0.315 e. The zero-order chi connectivity index (χ0) is 19.2. The lowest BCUT2D eigenvalue weighted by Crippen LogP contribution is -2.28. The molecule has 1 N–H and O–H groups in total. The van der Waals surface area contributed by atoms with Crippen molar-refractivity contribution in [1.82, 2.24) is 4.31 Å². The third kappa shape index (κ3) is 5.46. The average Bonchev–Trinajstić information content (AvgIpc) is 3.16. The Bertz CT molecular complexity index is 728. The first-order valence-corrected chi connectivity index (χ1v) is 11.0. The number of nitrogens with zero attached hydrogens (tertiary/aromatic N) is 1. The van der Waals surface area contributed by atoms with Crippen LogP contribution >= 0.6 is 11.8 Å². The lowest BCUT2D eigenvalue weighted by Gasteiger charge is -2.16. The molecule has 0 unspecified atom stereocenters. The number of nitrogens with one attached hydrogen (secondary N) is 1. The number of anilines is 1. The molecule has 1 fully saturated rings. The van der Waals surface area contributed by atoms with Crippen LogP contribution in [0.25, 0.3) is 0 Å². The first-order valence-electron chi connectivity index (χ1n) is 8.53. The van der Waals surface area contributed by atoms with Crippen LogP contribution in [-0.4, -0.2) is 55.3 Å². The number of ether oxygens (including phenoxy) is 1. The molecule has 1 heterocycles. The second kappa shape index (κ2) is 9.38. The molecule has 0 spiro atoms. The molecule has 9 heteroatoms. The summed E-state index contributed by atoms with van der Waals surface area (Å²) in [6.07, 6.45) is 1.77. The zero-order valence-electron chi connectivity index (χ0n) is 14.9. The van der Waals surface area contributed by atoms with E-state index in [1.54, 1.807) is 26.0 Å². The highest BCUT2D eigenvalue weighted by atomic mass is 32.2. The fourth-order valence-electron chi connectivity index (χ4n) is 2.50. The minimum Gasteiger partial charge on any atom is -0.465 e. The maximum absolute atomic E-state index is 12.5. The van der Waals surface area contributed by atoms with E-state index in [1.165, 1.54) is 28.2 Å². The number of thioether (sulfide) groups is 1. The summed E-state index contributed by atoms with van der Waals surface area (Å²) in [7, 11) is -3.46. The standard InChI is InChI=1S/C17H24N2O5S2/c1-3-24-16(20)12-25-13(2)17(21)18-14-6-8-15(9-7-14)26(22,23)19-10-4-5-11-19/h6-9,13H,3-5,10-12H2,1-2H3,(H,18,21)/t13-/m0/s1. The normalized spacial score (nSPS) is 16.2. The number of carbonyl (C=O) groups excluding carboxylic acids is 2. The van der Waals surface area contributed by atoms with Crippen molar-refractivity contribution in [3.05, 3.63) is 24.3 Å². The van der Waals surface area contributed by atoms with Gasteiger partial charge in [-0.15, -0.1) is 11.8 Å². The Labute approximate surface area is 158 Å². The summed E-state index contributed by atoms with van der Waals surface area (Å²) < 4.78 is 31.2. The van der Waals surface area contributed by atoms with Crippen molar-refractivity contribution in [2.45, 2.75) is 36.8 Å². The van der Waals surface area contributed by atoms with E-state index >= 15 is 0 Å². The number of hydrogen-bond donors (Lipinski definition) is 1. The van der Waals surface area contributed by atoms with Crippen LogP contribution in [0.1, 0.15) is 26.7 Å². The van der Waals surface area contributed by atoms with E-state index in [1.807, 2.05) is 0 Å². The van der Waals surface area contributed by atoms with Crippen LogP contribution in [0.2, 0.25) is 0 Å². The first-order chi connectivity index (χ1) is 12.3. The Balaban J connectivity index is 1.92. The Hall–Kier alpha value is -1.58. The predicted molar refractivity (Wildman–Crippen MR) is 102 cm³/mol. The van der Waals surface area contributed by atoms with Gasteiger partial charge in [-0.3, -0.25) is 9.59 Å².